The van der Waals surface area contributed by atoms with Crippen LogP contribution in [0, 0.1) is 24.2 Å². The monoisotopic (exact) mass is 390 g/mol. The maximum Gasteiger partial charge on any atom is 0.115 e. The molecule has 2 fully saturated rings. The Bertz CT molecular complexity index is 1000. The minimum absolute atomic E-state index is 0.177. The summed E-state index contributed by atoms with van der Waals surface area (Å²) < 4.78 is 1.86. The molecule has 0 unspecified atom stereocenters. The van der Waals surface area contributed by atoms with Crippen LogP contribution in [0.2, 0.25) is 0 Å². The topological polar surface area (TPSA) is 62.8 Å². The van der Waals surface area contributed by atoms with Gasteiger partial charge in [0.25, 0.3) is 0 Å². The van der Waals surface area contributed by atoms with E-state index in [1.165, 1.54) is 42.5 Å². The number of rotatable bonds is 2. The van der Waals surface area contributed by atoms with Gasteiger partial charge in [-0.05, 0) is 86.5 Å². The lowest BCUT2D eigenvalue weighted by molar-refractivity contribution is 0.0955. The van der Waals surface area contributed by atoms with Crippen LogP contribution in [0.25, 0.3) is 0 Å². The highest BCUT2D eigenvalue weighted by Crippen LogP contribution is 2.60. The predicted octanol–water partition coefficient (Wildman–Crippen LogP) is 4.77. The number of aromatic nitrogens is 2. The van der Waals surface area contributed by atoms with Crippen LogP contribution >= 0.6 is 0 Å². The maximum absolute atomic E-state index is 9.86. The number of hydrogen-bond donors (Lipinski definition) is 1. The molecule has 4 atom stereocenters. The summed E-state index contributed by atoms with van der Waals surface area (Å²) >= 11 is 0. The smallest absolute Gasteiger partial charge is 0.115 e. The summed E-state index contributed by atoms with van der Waals surface area (Å²) in [6.07, 6.45) is 10.7. The van der Waals surface area contributed by atoms with Crippen molar-refractivity contribution < 1.29 is 5.11 Å². The first-order chi connectivity index (χ1) is 14.0. The molecule has 0 spiro atoms. The van der Waals surface area contributed by atoms with Crippen LogP contribution < -0.4 is 0 Å². The van der Waals surface area contributed by atoms with Crippen molar-refractivity contribution in [3.63, 3.8) is 0 Å². The zero-order valence-corrected chi connectivity index (χ0v) is 17.6. The first-order valence-corrected chi connectivity index (χ1v) is 10.9. The van der Waals surface area contributed by atoms with Crippen LogP contribution in [0.5, 0.6) is 5.75 Å². The first-order valence-electron chi connectivity index (χ1n) is 10.9. The SMILES string of the molecule is Cc1c(/C=N\N=C2\CC[C@@H]3[C@@H]4CCc5cc(O)ccc5[C@@H]4CC[C@]23C)cnn1C. The largest absolute Gasteiger partial charge is 0.508 e. The summed E-state index contributed by atoms with van der Waals surface area (Å²) in [6, 6.07) is 6.02. The Labute approximate surface area is 172 Å². The third-order valence-electron chi connectivity index (χ3n) is 8.10. The van der Waals surface area contributed by atoms with Gasteiger partial charge < -0.3 is 5.11 Å². The van der Waals surface area contributed by atoms with Gasteiger partial charge in [0, 0.05) is 29.4 Å². The number of aryl methyl sites for hydroxylation is 2. The molecule has 0 aliphatic heterocycles. The second-order valence-corrected chi connectivity index (χ2v) is 9.39. The number of nitrogens with zero attached hydrogens (tertiary/aromatic N) is 4. The Kier molecular flexibility index (Phi) is 4.37. The molecule has 152 valence electrons. The summed E-state index contributed by atoms with van der Waals surface area (Å²) in [6.45, 7) is 4.48. The fraction of sp³-hybridized carbons (Fsp3) is 0.542. The molecule has 5 heteroatoms. The van der Waals surface area contributed by atoms with Gasteiger partial charge in [0.2, 0.25) is 0 Å². The average molecular weight is 391 g/mol. The summed E-state index contributed by atoms with van der Waals surface area (Å²) in [5, 5.41) is 23.3. The average Bonchev–Trinajstić information content (AvgIpc) is 3.21. The van der Waals surface area contributed by atoms with Crippen molar-refractivity contribution >= 4 is 11.9 Å². The van der Waals surface area contributed by atoms with Crippen LogP contribution in [0.15, 0.2) is 34.6 Å². The number of fused-ring (bicyclic) bond motifs is 5. The number of benzene rings is 1. The van der Waals surface area contributed by atoms with Gasteiger partial charge in [0.15, 0.2) is 0 Å². The van der Waals surface area contributed by atoms with E-state index in [2.05, 4.69) is 30.1 Å². The van der Waals surface area contributed by atoms with E-state index in [-0.39, 0.29) is 5.41 Å². The highest BCUT2D eigenvalue weighted by Gasteiger charge is 2.53. The van der Waals surface area contributed by atoms with Crippen molar-refractivity contribution in [1.29, 1.82) is 0 Å². The van der Waals surface area contributed by atoms with Crippen LogP contribution in [0.4, 0.5) is 0 Å². The molecule has 1 aromatic heterocycles. The standard InChI is InChI=1S/C24H30N4O/c1-15-17(14-26-28(15)3)13-25-27-23-9-8-22-21-6-4-16-12-18(29)5-7-19(16)20(21)10-11-24(22,23)2/h5,7,12-14,20-22,29H,4,6,8-11H2,1-3H3/b25-13-,27-23-/t20-,21+,22+,24-/m0/s1. The van der Waals surface area contributed by atoms with Gasteiger partial charge in [0.1, 0.15) is 5.75 Å². The number of phenolic OH excluding ortho intramolecular Hbond substituents is 1. The predicted molar refractivity (Wildman–Crippen MR) is 116 cm³/mol. The first kappa shape index (κ1) is 18.6. The van der Waals surface area contributed by atoms with E-state index in [9.17, 15) is 5.11 Å². The minimum Gasteiger partial charge on any atom is -0.508 e. The quantitative estimate of drug-likeness (QED) is 0.593. The zero-order chi connectivity index (χ0) is 20.2. The van der Waals surface area contributed by atoms with Crippen molar-refractivity contribution in [3.05, 3.63) is 46.8 Å². The lowest BCUT2D eigenvalue weighted by Gasteiger charge is -2.49. The molecule has 29 heavy (non-hydrogen) atoms. The molecule has 5 rings (SSSR count). The molecular weight excluding hydrogens is 360 g/mol. The molecule has 0 bridgehead atoms. The second kappa shape index (κ2) is 6.82. The molecule has 3 aliphatic carbocycles. The lowest BCUT2D eigenvalue weighted by atomic mass is 9.55. The van der Waals surface area contributed by atoms with Crippen molar-refractivity contribution in [2.45, 2.75) is 58.3 Å². The summed E-state index contributed by atoms with van der Waals surface area (Å²) in [5.41, 5.74) is 6.45. The van der Waals surface area contributed by atoms with E-state index in [0.717, 1.165) is 30.0 Å². The van der Waals surface area contributed by atoms with E-state index in [1.807, 2.05) is 36.3 Å². The van der Waals surface area contributed by atoms with Gasteiger partial charge in [-0.15, -0.1) is 0 Å². The molecule has 0 amide bonds. The molecule has 0 saturated heterocycles. The molecule has 1 aromatic carbocycles. The zero-order valence-electron chi connectivity index (χ0n) is 17.6. The van der Waals surface area contributed by atoms with Gasteiger partial charge >= 0.3 is 0 Å². The van der Waals surface area contributed by atoms with E-state index in [0.29, 0.717) is 17.6 Å². The normalized spacial score (nSPS) is 32.4. The number of aromatic hydroxyl groups is 1. The molecule has 2 saturated carbocycles. The summed E-state index contributed by atoms with van der Waals surface area (Å²) in [4.78, 5) is 0. The summed E-state index contributed by atoms with van der Waals surface area (Å²) in [7, 11) is 1.95. The third-order valence-corrected chi connectivity index (χ3v) is 8.10. The Morgan fingerprint density at radius 2 is 2.10 bits per heavy atom. The number of hydrogen-bond acceptors (Lipinski definition) is 4. The molecular formula is C24H30N4O. The minimum atomic E-state index is 0.177. The fourth-order valence-electron chi connectivity index (χ4n) is 6.32. The Morgan fingerprint density at radius 1 is 1.24 bits per heavy atom. The Balaban J connectivity index is 1.39. The fourth-order valence-corrected chi connectivity index (χ4v) is 6.32. The molecule has 3 aliphatic rings. The van der Waals surface area contributed by atoms with Crippen molar-refractivity contribution in [1.82, 2.24) is 9.78 Å². The van der Waals surface area contributed by atoms with Crippen molar-refractivity contribution in [2.75, 3.05) is 0 Å². The van der Waals surface area contributed by atoms with E-state index in [1.54, 1.807) is 0 Å². The van der Waals surface area contributed by atoms with Gasteiger partial charge in [-0.2, -0.15) is 15.3 Å². The van der Waals surface area contributed by atoms with Gasteiger partial charge in [0.05, 0.1) is 12.4 Å². The van der Waals surface area contributed by atoms with Crippen LogP contribution in [0.3, 0.4) is 0 Å². The molecule has 0 radical (unpaired) electrons. The number of phenols is 1. The van der Waals surface area contributed by atoms with E-state index in [4.69, 9.17) is 5.10 Å². The molecule has 1 N–H and O–H groups in total. The third kappa shape index (κ3) is 2.93. The second-order valence-electron chi connectivity index (χ2n) is 9.39. The lowest BCUT2D eigenvalue weighted by Crippen LogP contribution is -2.42. The molecule has 2 aromatic rings. The van der Waals surface area contributed by atoms with E-state index < -0.39 is 0 Å². The van der Waals surface area contributed by atoms with E-state index >= 15 is 0 Å². The van der Waals surface area contributed by atoms with Crippen molar-refractivity contribution in [3.8, 4) is 5.75 Å². The highest BCUT2D eigenvalue weighted by atomic mass is 16.3. The van der Waals surface area contributed by atoms with Gasteiger partial charge in [-0.3, -0.25) is 4.68 Å². The molecule has 1 heterocycles. The highest BCUT2D eigenvalue weighted by molar-refractivity contribution is 5.93. The van der Waals surface area contributed by atoms with Gasteiger partial charge in [-0.1, -0.05) is 13.0 Å². The Morgan fingerprint density at radius 3 is 2.90 bits per heavy atom. The van der Waals surface area contributed by atoms with Crippen LogP contribution in [0.1, 0.15) is 67.3 Å². The summed E-state index contributed by atoms with van der Waals surface area (Å²) in [5.74, 6) is 2.46. The van der Waals surface area contributed by atoms with Crippen LogP contribution in [-0.4, -0.2) is 26.8 Å². The maximum atomic E-state index is 9.86. The Hall–Kier alpha value is -2.43. The molecule has 5 nitrogen and oxygen atoms in total. The van der Waals surface area contributed by atoms with Crippen molar-refractivity contribution in [2.24, 2.45) is 34.5 Å². The van der Waals surface area contributed by atoms with Crippen LogP contribution in [-0.2, 0) is 13.5 Å². The van der Waals surface area contributed by atoms with Gasteiger partial charge in [-0.25, -0.2) is 0 Å².